The number of methoxy groups -OCH3 is 3. The van der Waals surface area contributed by atoms with Crippen LogP contribution in [0, 0.1) is 0 Å². The van der Waals surface area contributed by atoms with Crippen LogP contribution < -0.4 is 28.4 Å². The fourth-order valence-electron chi connectivity index (χ4n) is 8.18. The van der Waals surface area contributed by atoms with E-state index in [4.69, 9.17) is 42.6 Å². The third-order valence-electron chi connectivity index (χ3n) is 12.2. The molecule has 0 aliphatic heterocycles. The molecule has 6 aromatic carbocycles. The topological polar surface area (TPSA) is 144 Å². The normalized spacial score (nSPS) is 11.8. The van der Waals surface area contributed by atoms with Gasteiger partial charge in [0.25, 0.3) is 19.4 Å². The van der Waals surface area contributed by atoms with Gasteiger partial charge in [0, 0.05) is 19.6 Å². The van der Waals surface area contributed by atoms with Gasteiger partial charge >= 0.3 is 0 Å². The van der Waals surface area contributed by atoms with Gasteiger partial charge in [-0.2, -0.15) is 0 Å². The zero-order valence-electron chi connectivity index (χ0n) is 47.0. The lowest BCUT2D eigenvalue weighted by Crippen LogP contribution is -2.33. The highest BCUT2D eigenvalue weighted by atomic mass is 16.6. The van der Waals surface area contributed by atoms with Crippen molar-refractivity contribution >= 4 is 19.4 Å². The van der Waals surface area contributed by atoms with E-state index in [0.717, 1.165) is 89.7 Å². The zero-order valence-corrected chi connectivity index (χ0v) is 47.0. The summed E-state index contributed by atoms with van der Waals surface area (Å²) in [6.45, 7) is 4.28. The number of hydrogen-bond acceptors (Lipinski definition) is 15. The third kappa shape index (κ3) is 24.6. The van der Waals surface area contributed by atoms with Gasteiger partial charge in [-0.25, -0.2) is 0 Å². The standard InChI is InChI=1S/3C21H27NO4/c3*1-22(2)14-20(26-16-23)15-25-21-7-5-4-6-18(21)11-8-17-9-12-19(24-3)13-10-17/h3*4-7,9-10,12-13,16,20H,8,11,14-15H2,1-3H3/t2*20-;/m10./s1. The van der Waals surface area contributed by atoms with Crippen LogP contribution in [0.1, 0.15) is 33.4 Å². The summed E-state index contributed by atoms with van der Waals surface area (Å²) in [4.78, 5) is 37.9. The Morgan fingerprint density at radius 1 is 0.346 bits per heavy atom. The van der Waals surface area contributed by atoms with Crippen LogP contribution in [-0.2, 0) is 67.1 Å². The monoisotopic (exact) mass is 1070 g/mol. The van der Waals surface area contributed by atoms with Gasteiger partial charge < -0.3 is 57.3 Å². The Morgan fingerprint density at radius 2 is 0.590 bits per heavy atom. The molecule has 15 nitrogen and oxygen atoms in total. The molecular weight excluding hydrogens is 991 g/mol. The minimum atomic E-state index is -0.294. The van der Waals surface area contributed by atoms with E-state index >= 15 is 0 Å². The number of benzene rings is 6. The number of likely N-dealkylation sites (N-methyl/N-ethyl adjacent to an activating group) is 3. The fourth-order valence-corrected chi connectivity index (χ4v) is 8.18. The Labute approximate surface area is 462 Å². The first-order valence-electron chi connectivity index (χ1n) is 26.1. The van der Waals surface area contributed by atoms with Gasteiger partial charge in [0.05, 0.1) is 21.3 Å². The maximum Gasteiger partial charge on any atom is 0.293 e. The molecule has 0 heterocycles. The van der Waals surface area contributed by atoms with Crippen LogP contribution in [0.3, 0.4) is 0 Å². The number of nitrogens with zero attached hydrogens (tertiary/aromatic N) is 3. The smallest absolute Gasteiger partial charge is 0.293 e. The summed E-state index contributed by atoms with van der Waals surface area (Å²) in [5.74, 6) is 5.08. The van der Waals surface area contributed by atoms with Gasteiger partial charge in [0.2, 0.25) is 0 Å². The van der Waals surface area contributed by atoms with Crippen molar-refractivity contribution in [2.24, 2.45) is 0 Å². The number of para-hydroxylation sites is 3. The highest BCUT2D eigenvalue weighted by Gasteiger charge is 2.16. The molecule has 420 valence electrons. The van der Waals surface area contributed by atoms with Crippen LogP contribution in [0.5, 0.6) is 34.5 Å². The predicted octanol–water partition coefficient (Wildman–Crippen LogP) is 8.89. The van der Waals surface area contributed by atoms with E-state index in [-0.39, 0.29) is 18.3 Å². The molecular formula is C63H81N3O12. The average Bonchev–Trinajstić information content (AvgIpc) is 3.46. The largest absolute Gasteiger partial charge is 0.497 e. The average molecular weight is 1070 g/mol. The van der Waals surface area contributed by atoms with Gasteiger partial charge in [-0.1, -0.05) is 91.0 Å². The molecule has 78 heavy (non-hydrogen) atoms. The molecule has 0 spiro atoms. The van der Waals surface area contributed by atoms with Crippen molar-refractivity contribution in [3.05, 3.63) is 179 Å². The van der Waals surface area contributed by atoms with Crippen LogP contribution in [0.2, 0.25) is 0 Å². The number of ether oxygens (including phenoxy) is 9. The second-order valence-electron chi connectivity index (χ2n) is 19.2. The van der Waals surface area contributed by atoms with Crippen molar-refractivity contribution < 1.29 is 57.0 Å². The molecule has 0 saturated heterocycles. The Morgan fingerprint density at radius 3 is 0.808 bits per heavy atom. The van der Waals surface area contributed by atoms with Crippen molar-refractivity contribution in [2.75, 3.05) is 103 Å². The molecule has 1 unspecified atom stereocenters. The third-order valence-corrected chi connectivity index (χ3v) is 12.2. The van der Waals surface area contributed by atoms with Crippen LogP contribution >= 0.6 is 0 Å². The molecule has 0 bridgehead atoms. The maximum atomic E-state index is 10.7. The van der Waals surface area contributed by atoms with Crippen LogP contribution in [0.15, 0.2) is 146 Å². The lowest BCUT2D eigenvalue weighted by atomic mass is 10.0. The summed E-state index contributed by atoms with van der Waals surface area (Å²) in [6, 6.07) is 48.3. The van der Waals surface area contributed by atoms with Crippen LogP contribution in [-0.4, -0.2) is 155 Å². The molecule has 3 atom stereocenters. The number of rotatable bonds is 33. The molecule has 0 aliphatic carbocycles. The SMILES string of the molecule is COc1ccc(CCc2ccccc2OCC(CN(C)C)OC=O)cc1.COc1ccc(CCc2ccccc2OC[C@@H](CN(C)C)OC=O)cc1.COc1ccc(CCc2ccccc2OC[C@H](CN(C)C)OC=O)cc1. The van der Waals surface area contributed by atoms with E-state index in [1.807, 2.05) is 148 Å². The summed E-state index contributed by atoms with van der Waals surface area (Å²) >= 11 is 0. The molecule has 0 amide bonds. The van der Waals surface area contributed by atoms with Crippen molar-refractivity contribution in [3.63, 3.8) is 0 Å². The molecule has 0 aromatic heterocycles. The van der Waals surface area contributed by atoms with E-state index in [2.05, 4.69) is 54.6 Å². The van der Waals surface area contributed by atoms with Gasteiger partial charge in [-0.3, -0.25) is 14.4 Å². The van der Waals surface area contributed by atoms with Gasteiger partial charge in [0.15, 0.2) is 0 Å². The lowest BCUT2D eigenvalue weighted by molar-refractivity contribution is -0.136. The molecule has 6 aromatic rings. The Balaban J connectivity index is 0.000000252. The first-order valence-corrected chi connectivity index (χ1v) is 26.1. The highest BCUT2D eigenvalue weighted by molar-refractivity contribution is 5.40. The van der Waals surface area contributed by atoms with Crippen molar-refractivity contribution in [2.45, 2.75) is 56.8 Å². The van der Waals surface area contributed by atoms with Gasteiger partial charge in [-0.05, 0) is 169 Å². The molecule has 0 N–H and O–H groups in total. The van der Waals surface area contributed by atoms with E-state index < -0.39 is 0 Å². The van der Waals surface area contributed by atoms with E-state index in [0.29, 0.717) is 58.9 Å². The summed E-state index contributed by atoms with van der Waals surface area (Å²) < 4.78 is 48.7. The van der Waals surface area contributed by atoms with Crippen molar-refractivity contribution in [1.29, 1.82) is 0 Å². The molecule has 0 fully saturated rings. The Hall–Kier alpha value is -7.59. The number of carbonyl (C=O) groups is 3. The lowest BCUT2D eigenvalue weighted by Gasteiger charge is -2.20. The first-order chi connectivity index (χ1) is 37.9. The molecule has 0 radical (unpaired) electrons. The zero-order chi connectivity index (χ0) is 56.3. The first kappa shape index (κ1) is 62.9. The Kier molecular flexibility index (Phi) is 29.4. The predicted molar refractivity (Wildman–Crippen MR) is 305 cm³/mol. The second kappa shape index (κ2) is 36.4. The van der Waals surface area contributed by atoms with Crippen molar-refractivity contribution in [3.8, 4) is 34.5 Å². The summed E-state index contributed by atoms with van der Waals surface area (Å²) in [6.07, 6.45) is 4.47. The van der Waals surface area contributed by atoms with Crippen LogP contribution in [0.25, 0.3) is 0 Å². The second-order valence-corrected chi connectivity index (χ2v) is 19.2. The number of carbonyl (C=O) groups excluding carboxylic acids is 3. The number of aryl methyl sites for hydroxylation is 6. The molecule has 15 heteroatoms. The highest BCUT2D eigenvalue weighted by Crippen LogP contribution is 2.25. The summed E-state index contributed by atoms with van der Waals surface area (Å²) in [7, 11) is 16.6. The maximum absolute atomic E-state index is 10.7. The van der Waals surface area contributed by atoms with E-state index in [1.54, 1.807) is 21.3 Å². The summed E-state index contributed by atoms with van der Waals surface area (Å²) in [5.41, 5.74) is 7.15. The molecule has 0 aliphatic rings. The minimum absolute atomic E-state index is 0.294. The summed E-state index contributed by atoms with van der Waals surface area (Å²) in [5, 5.41) is 0. The van der Waals surface area contributed by atoms with Crippen LogP contribution in [0.4, 0.5) is 0 Å². The van der Waals surface area contributed by atoms with Gasteiger partial charge in [-0.15, -0.1) is 0 Å². The van der Waals surface area contributed by atoms with Gasteiger partial charge in [0.1, 0.15) is 72.6 Å². The fraction of sp³-hybridized carbons (Fsp3) is 0.381. The minimum Gasteiger partial charge on any atom is -0.497 e. The molecule has 6 rings (SSSR count). The number of hydrogen-bond donors (Lipinski definition) is 0. The van der Waals surface area contributed by atoms with Crippen molar-refractivity contribution in [1.82, 2.24) is 14.7 Å². The molecule has 0 saturated carbocycles. The quantitative estimate of drug-likeness (QED) is 0.0286. The van der Waals surface area contributed by atoms with E-state index in [9.17, 15) is 14.4 Å². The Bertz CT molecular complexity index is 2290. The van der Waals surface area contributed by atoms with E-state index in [1.165, 1.54) is 16.7 Å².